The van der Waals surface area contributed by atoms with E-state index in [2.05, 4.69) is 0 Å². The first-order valence-corrected chi connectivity index (χ1v) is 9.90. The molecule has 0 radical (unpaired) electrons. The van der Waals surface area contributed by atoms with E-state index >= 15 is 0 Å². The number of carbonyl (C=O) groups is 1. The lowest BCUT2D eigenvalue weighted by Gasteiger charge is -2.20. The number of thiocyanates is 1. The average molecular weight is 373 g/mol. The molecule has 7 nitrogen and oxygen atoms in total. The fraction of sp³-hybridized carbons (Fsp3) is 0.467. The van der Waals surface area contributed by atoms with Crippen molar-refractivity contribution in [2.24, 2.45) is 0 Å². The lowest BCUT2D eigenvalue weighted by molar-refractivity contribution is -0.137. The molecule has 0 aliphatic heterocycles. The van der Waals surface area contributed by atoms with Crippen molar-refractivity contribution in [1.29, 1.82) is 5.26 Å². The Morgan fingerprint density at radius 1 is 1.33 bits per heavy atom. The van der Waals surface area contributed by atoms with Crippen LogP contribution >= 0.6 is 19.4 Å². The maximum atomic E-state index is 13.1. The van der Waals surface area contributed by atoms with E-state index in [0.717, 1.165) is 17.8 Å². The van der Waals surface area contributed by atoms with Crippen molar-refractivity contribution < 1.29 is 27.6 Å². The smallest absolute Gasteiger partial charge is 0.362 e. The van der Waals surface area contributed by atoms with Gasteiger partial charge >= 0.3 is 13.6 Å². The van der Waals surface area contributed by atoms with E-state index in [9.17, 15) is 9.36 Å². The maximum Gasteiger partial charge on any atom is 0.362 e. The average Bonchev–Trinajstić information content (AvgIpc) is 2.99. The van der Waals surface area contributed by atoms with Gasteiger partial charge in [-0.3, -0.25) is 4.57 Å². The minimum Gasteiger partial charge on any atom is -0.468 e. The van der Waals surface area contributed by atoms with Crippen LogP contribution < -0.4 is 0 Å². The van der Waals surface area contributed by atoms with Crippen LogP contribution in [0.25, 0.3) is 5.31 Å². The number of hydrogen-bond acceptors (Lipinski definition) is 8. The number of thioether (sulfide) groups is 1. The summed E-state index contributed by atoms with van der Waals surface area (Å²) in [6.45, 7) is 5.47. The predicted molar refractivity (Wildman–Crippen MR) is 91.1 cm³/mol. The van der Waals surface area contributed by atoms with Gasteiger partial charge in [-0.05, 0) is 38.6 Å². The third-order valence-corrected chi connectivity index (χ3v) is 5.42. The number of nitrogens with zero attached hydrogens (tertiary/aromatic N) is 1. The first-order chi connectivity index (χ1) is 11.5. The molecule has 0 saturated carbocycles. The fourth-order valence-corrected chi connectivity index (χ4v) is 4.10. The minimum absolute atomic E-state index is 0.0620. The summed E-state index contributed by atoms with van der Waals surface area (Å²) < 4.78 is 34.1. The highest BCUT2D eigenvalue weighted by molar-refractivity contribution is 8.02. The van der Waals surface area contributed by atoms with Gasteiger partial charge in [-0.1, -0.05) is 0 Å². The molecule has 1 aromatic rings. The van der Waals surface area contributed by atoms with Gasteiger partial charge in [0.15, 0.2) is 0 Å². The Balaban J connectivity index is 3.39. The van der Waals surface area contributed by atoms with E-state index in [1.165, 1.54) is 6.26 Å². The second-order valence-electron chi connectivity index (χ2n) is 4.25. The maximum absolute atomic E-state index is 13.1. The van der Waals surface area contributed by atoms with Crippen LogP contribution in [0.1, 0.15) is 32.1 Å². The van der Waals surface area contributed by atoms with E-state index in [0.29, 0.717) is 11.3 Å². The molecule has 0 amide bonds. The molecule has 0 aromatic carbocycles. The molecule has 0 bridgehead atoms. The summed E-state index contributed by atoms with van der Waals surface area (Å²) >= 11 is 0.961. The van der Waals surface area contributed by atoms with E-state index < -0.39 is 13.6 Å². The van der Waals surface area contributed by atoms with E-state index in [1.54, 1.807) is 26.8 Å². The molecule has 1 heterocycles. The van der Waals surface area contributed by atoms with Crippen LogP contribution in [0.15, 0.2) is 22.8 Å². The quantitative estimate of drug-likeness (QED) is 0.261. The third-order valence-electron chi connectivity index (χ3n) is 2.72. The zero-order valence-corrected chi connectivity index (χ0v) is 15.5. The van der Waals surface area contributed by atoms with Crippen LogP contribution in [0, 0.1) is 10.7 Å². The van der Waals surface area contributed by atoms with Gasteiger partial charge in [-0.15, -0.1) is 0 Å². The van der Waals surface area contributed by atoms with Gasteiger partial charge in [-0.25, -0.2) is 4.79 Å². The highest BCUT2D eigenvalue weighted by atomic mass is 32.2. The van der Waals surface area contributed by atoms with Gasteiger partial charge in [0.1, 0.15) is 11.2 Å². The molecule has 0 fully saturated rings. The van der Waals surface area contributed by atoms with Crippen LogP contribution in [0.4, 0.5) is 0 Å². The summed E-state index contributed by atoms with van der Waals surface area (Å²) in [5.41, 5.74) is 0.399. The molecule has 24 heavy (non-hydrogen) atoms. The van der Waals surface area contributed by atoms with Gasteiger partial charge in [0, 0.05) is 11.6 Å². The molecule has 0 unspecified atom stereocenters. The molecule has 0 saturated heterocycles. The summed E-state index contributed by atoms with van der Waals surface area (Å²) in [6, 6.07) is 1.56. The van der Waals surface area contributed by atoms with E-state index in [1.807, 2.05) is 5.40 Å². The van der Waals surface area contributed by atoms with Crippen LogP contribution in [0.2, 0.25) is 0 Å². The van der Waals surface area contributed by atoms with Crippen LogP contribution in [0.5, 0.6) is 0 Å². The monoisotopic (exact) mass is 373 g/mol. The predicted octanol–water partition coefficient (Wildman–Crippen LogP) is 4.16. The zero-order valence-electron chi connectivity index (χ0n) is 13.8. The Morgan fingerprint density at radius 3 is 2.54 bits per heavy atom. The number of esters is 1. The first-order valence-electron chi connectivity index (χ1n) is 7.38. The van der Waals surface area contributed by atoms with E-state index in [4.69, 9.17) is 23.5 Å². The lowest BCUT2D eigenvalue weighted by Crippen LogP contribution is -2.05. The highest BCUT2D eigenvalue weighted by Crippen LogP contribution is 2.61. The number of furan rings is 1. The highest BCUT2D eigenvalue weighted by Gasteiger charge is 2.34. The molecular weight excluding hydrogens is 353 g/mol. The standard InChI is InChI=1S/C15H20NO6PS/c1-4-19-15(17)9-14(23(18,21-5-2)22-6-3)12-7-8-20-13(12)10-24-11-16/h7-9H,4-6,10H2,1-3H3. The molecular formula is C15H20NO6PS. The first kappa shape index (κ1) is 20.5. The van der Waals surface area contributed by atoms with Crippen molar-refractivity contribution in [3.05, 3.63) is 29.7 Å². The fourth-order valence-electron chi connectivity index (χ4n) is 1.89. The van der Waals surface area contributed by atoms with Gasteiger partial charge < -0.3 is 18.2 Å². The van der Waals surface area contributed by atoms with Crippen molar-refractivity contribution in [1.82, 2.24) is 0 Å². The Morgan fingerprint density at radius 2 is 2.00 bits per heavy atom. The van der Waals surface area contributed by atoms with Crippen molar-refractivity contribution in [2.45, 2.75) is 26.5 Å². The molecule has 9 heteroatoms. The largest absolute Gasteiger partial charge is 0.468 e. The second-order valence-corrected chi connectivity index (χ2v) is 7.01. The topological polar surface area (TPSA) is 98.8 Å². The number of carbonyl (C=O) groups excluding carboxylic acids is 1. The third kappa shape index (κ3) is 5.53. The van der Waals surface area contributed by atoms with Gasteiger partial charge in [0.2, 0.25) is 0 Å². The van der Waals surface area contributed by atoms with Gasteiger partial charge in [0.05, 0.1) is 37.2 Å². The Labute approximate surface area is 145 Å². The SMILES string of the molecule is CCOC(=O)C=C(c1ccoc1CSC#N)P(=O)(OCC)OCC. The Hall–Kier alpha value is -1.52. The van der Waals surface area contributed by atoms with Gasteiger partial charge in [0.25, 0.3) is 0 Å². The number of hydrogen-bond donors (Lipinski definition) is 0. The summed E-state index contributed by atoms with van der Waals surface area (Å²) in [5.74, 6) is -0.0269. The summed E-state index contributed by atoms with van der Waals surface area (Å²) in [5, 5.41) is 10.7. The molecule has 0 aliphatic carbocycles. The number of ether oxygens (including phenoxy) is 1. The second kappa shape index (κ2) is 10.4. The van der Waals surface area contributed by atoms with Gasteiger partial charge in [-0.2, -0.15) is 5.26 Å². The van der Waals surface area contributed by atoms with Crippen molar-refractivity contribution in [3.63, 3.8) is 0 Å². The normalized spacial score (nSPS) is 12.0. The molecule has 0 N–H and O–H groups in total. The zero-order chi connectivity index (χ0) is 18.0. The summed E-state index contributed by atoms with van der Waals surface area (Å²) in [7, 11) is -3.75. The molecule has 1 aromatic heterocycles. The number of rotatable bonds is 10. The summed E-state index contributed by atoms with van der Waals surface area (Å²) in [4.78, 5) is 11.9. The minimum atomic E-state index is -3.75. The van der Waals surface area contributed by atoms with Crippen LogP contribution in [-0.4, -0.2) is 25.8 Å². The van der Waals surface area contributed by atoms with E-state index in [-0.39, 0.29) is 30.9 Å². The molecule has 132 valence electrons. The molecule has 0 atom stereocenters. The Bertz CT molecular complexity index is 653. The van der Waals surface area contributed by atoms with Crippen molar-refractivity contribution >= 4 is 30.6 Å². The summed E-state index contributed by atoms with van der Waals surface area (Å²) in [6.07, 6.45) is 2.49. The lowest BCUT2D eigenvalue weighted by atomic mass is 10.2. The van der Waals surface area contributed by atoms with Crippen molar-refractivity contribution in [2.75, 3.05) is 19.8 Å². The molecule has 1 rings (SSSR count). The molecule has 0 spiro atoms. The number of nitriles is 1. The molecule has 0 aliphatic rings. The van der Waals surface area contributed by atoms with Crippen LogP contribution in [-0.2, 0) is 28.9 Å². The van der Waals surface area contributed by atoms with Crippen molar-refractivity contribution in [3.8, 4) is 5.40 Å². The Kier molecular flexibility index (Phi) is 8.87. The van der Waals surface area contributed by atoms with Crippen LogP contribution in [0.3, 0.4) is 0 Å².